The van der Waals surface area contributed by atoms with Gasteiger partial charge in [0.15, 0.2) is 0 Å². The number of hydrogen-bond donors (Lipinski definition) is 2. The Hall–Kier alpha value is -1.22. The highest BCUT2D eigenvalue weighted by atomic mass is 16.5. The smallest absolute Gasteiger partial charge is 0.122 e. The summed E-state index contributed by atoms with van der Waals surface area (Å²) < 4.78 is 5.34. The van der Waals surface area contributed by atoms with Gasteiger partial charge in [-0.2, -0.15) is 0 Å². The topological polar surface area (TPSA) is 47.3 Å². The zero-order valence-corrected chi connectivity index (χ0v) is 10.7. The maximum absolute atomic E-state index is 5.48. The summed E-state index contributed by atoms with van der Waals surface area (Å²) in [6, 6.07) is 2.08. The molecule has 3 heteroatoms. The molecule has 0 radical (unpaired) electrons. The first kappa shape index (κ1) is 12.8. The molecule has 0 unspecified atom stereocenters. The molecule has 1 aromatic rings. The maximum Gasteiger partial charge on any atom is 0.122 e. The molecule has 0 fully saturated rings. The number of ether oxygens (including phenoxy) is 1. The summed E-state index contributed by atoms with van der Waals surface area (Å²) in [4.78, 5) is 0. The molecule has 0 aliphatic heterocycles. The first-order chi connectivity index (χ1) is 7.61. The first-order valence-corrected chi connectivity index (χ1v) is 5.70. The zero-order chi connectivity index (χ0) is 12.1. The highest BCUT2D eigenvalue weighted by Gasteiger charge is 2.09. The molecule has 1 aromatic carbocycles. The Balaban J connectivity index is 2.96. The molecule has 90 valence electrons. The van der Waals surface area contributed by atoms with Crippen LogP contribution in [0, 0.1) is 20.8 Å². The van der Waals surface area contributed by atoms with Gasteiger partial charge >= 0.3 is 0 Å². The Morgan fingerprint density at radius 3 is 2.50 bits per heavy atom. The summed E-state index contributed by atoms with van der Waals surface area (Å²) in [6.45, 7) is 7.95. The van der Waals surface area contributed by atoms with Crippen LogP contribution >= 0.6 is 0 Å². The summed E-state index contributed by atoms with van der Waals surface area (Å²) in [5.74, 6) is 0.958. The van der Waals surface area contributed by atoms with E-state index in [-0.39, 0.29) is 0 Å². The van der Waals surface area contributed by atoms with Crippen molar-refractivity contribution in [1.29, 1.82) is 0 Å². The van der Waals surface area contributed by atoms with Crippen LogP contribution in [0.3, 0.4) is 0 Å². The number of methoxy groups -OCH3 is 1. The van der Waals surface area contributed by atoms with E-state index >= 15 is 0 Å². The van der Waals surface area contributed by atoms with Crippen molar-refractivity contribution in [3.8, 4) is 5.75 Å². The van der Waals surface area contributed by atoms with E-state index in [0.717, 1.165) is 25.3 Å². The molecule has 0 aromatic heterocycles. The Morgan fingerprint density at radius 2 is 1.94 bits per heavy atom. The summed E-state index contributed by atoms with van der Waals surface area (Å²) in [5, 5.41) is 3.44. The minimum Gasteiger partial charge on any atom is -0.496 e. The van der Waals surface area contributed by atoms with Gasteiger partial charge in [0.25, 0.3) is 0 Å². The average molecular weight is 222 g/mol. The third-order valence-electron chi connectivity index (χ3n) is 2.95. The summed E-state index contributed by atoms with van der Waals surface area (Å²) in [6.07, 6.45) is 0.990. The Labute approximate surface area is 98.0 Å². The molecule has 0 amide bonds. The van der Waals surface area contributed by atoms with E-state index in [9.17, 15) is 0 Å². The van der Waals surface area contributed by atoms with Crippen LogP contribution in [0.2, 0.25) is 0 Å². The Bertz CT molecular complexity index is 361. The van der Waals surface area contributed by atoms with Crippen molar-refractivity contribution < 1.29 is 4.74 Å². The molecule has 0 atom stereocenters. The molecule has 1 rings (SSSR count). The van der Waals surface area contributed by atoms with Crippen LogP contribution < -0.4 is 15.8 Å². The van der Waals surface area contributed by atoms with Crippen molar-refractivity contribution in [3.63, 3.8) is 0 Å². The van der Waals surface area contributed by atoms with Crippen molar-refractivity contribution >= 4 is 5.69 Å². The maximum atomic E-state index is 5.48. The second-order valence-electron chi connectivity index (χ2n) is 4.09. The fourth-order valence-electron chi connectivity index (χ4n) is 1.84. The van der Waals surface area contributed by atoms with Gasteiger partial charge in [-0.3, -0.25) is 0 Å². The predicted octanol–water partition coefficient (Wildman–Crippen LogP) is 2.38. The standard InChI is InChI=1S/C13H22N2O/c1-9-8-12(16-4)10(2)11(3)13(9)15-7-5-6-14/h8,15H,5-7,14H2,1-4H3. The normalized spacial score (nSPS) is 10.3. The summed E-state index contributed by atoms with van der Waals surface area (Å²) in [5.41, 5.74) is 10.4. The van der Waals surface area contributed by atoms with E-state index in [1.54, 1.807) is 7.11 Å². The molecule has 0 saturated carbocycles. The molecule has 0 bridgehead atoms. The number of aryl methyl sites for hydroxylation is 1. The van der Waals surface area contributed by atoms with Crippen LogP contribution in [0.15, 0.2) is 6.07 Å². The quantitative estimate of drug-likeness (QED) is 0.752. The van der Waals surface area contributed by atoms with Crippen molar-refractivity contribution in [2.24, 2.45) is 5.73 Å². The van der Waals surface area contributed by atoms with Crippen molar-refractivity contribution in [2.45, 2.75) is 27.2 Å². The van der Waals surface area contributed by atoms with Crippen LogP contribution in [-0.2, 0) is 0 Å². The molecule has 3 nitrogen and oxygen atoms in total. The molecule has 0 saturated heterocycles. The fraction of sp³-hybridized carbons (Fsp3) is 0.538. The third kappa shape index (κ3) is 2.67. The van der Waals surface area contributed by atoms with E-state index in [1.807, 2.05) is 0 Å². The molecule has 3 N–H and O–H groups in total. The van der Waals surface area contributed by atoms with Gasteiger partial charge in [0.2, 0.25) is 0 Å². The van der Waals surface area contributed by atoms with E-state index in [2.05, 4.69) is 32.2 Å². The van der Waals surface area contributed by atoms with Gasteiger partial charge in [-0.1, -0.05) is 0 Å². The highest BCUT2D eigenvalue weighted by molar-refractivity contribution is 5.63. The van der Waals surface area contributed by atoms with Crippen LogP contribution in [0.25, 0.3) is 0 Å². The van der Waals surface area contributed by atoms with E-state index < -0.39 is 0 Å². The molecule has 0 heterocycles. The van der Waals surface area contributed by atoms with Gasteiger partial charge in [0.1, 0.15) is 5.75 Å². The highest BCUT2D eigenvalue weighted by Crippen LogP contribution is 2.30. The van der Waals surface area contributed by atoms with Crippen LogP contribution in [-0.4, -0.2) is 20.2 Å². The SMILES string of the molecule is COc1cc(C)c(NCCCN)c(C)c1C. The number of nitrogens with one attached hydrogen (secondary N) is 1. The van der Waals surface area contributed by atoms with Crippen molar-refractivity contribution in [3.05, 3.63) is 22.8 Å². The van der Waals surface area contributed by atoms with E-state index in [0.29, 0.717) is 0 Å². The molecular formula is C13H22N2O. The lowest BCUT2D eigenvalue weighted by molar-refractivity contribution is 0.411. The molecular weight excluding hydrogens is 200 g/mol. The van der Waals surface area contributed by atoms with Crippen molar-refractivity contribution in [2.75, 3.05) is 25.5 Å². The molecule has 0 spiro atoms. The molecule has 16 heavy (non-hydrogen) atoms. The Morgan fingerprint density at radius 1 is 1.25 bits per heavy atom. The molecule has 0 aliphatic rings. The van der Waals surface area contributed by atoms with Gasteiger partial charge < -0.3 is 15.8 Å². The number of hydrogen-bond acceptors (Lipinski definition) is 3. The third-order valence-corrected chi connectivity index (χ3v) is 2.95. The lowest BCUT2D eigenvalue weighted by Crippen LogP contribution is -2.10. The second kappa shape index (κ2) is 5.75. The van der Waals surface area contributed by atoms with Gasteiger partial charge in [-0.05, 0) is 56.5 Å². The van der Waals surface area contributed by atoms with Gasteiger partial charge in [0, 0.05) is 12.2 Å². The largest absolute Gasteiger partial charge is 0.496 e. The monoisotopic (exact) mass is 222 g/mol. The van der Waals surface area contributed by atoms with Crippen LogP contribution in [0.4, 0.5) is 5.69 Å². The predicted molar refractivity (Wildman–Crippen MR) is 69.4 cm³/mol. The average Bonchev–Trinajstić information content (AvgIpc) is 2.28. The summed E-state index contributed by atoms with van der Waals surface area (Å²) >= 11 is 0. The number of benzene rings is 1. The van der Waals surface area contributed by atoms with E-state index in [1.165, 1.54) is 22.4 Å². The number of rotatable bonds is 5. The number of nitrogens with two attached hydrogens (primary N) is 1. The lowest BCUT2D eigenvalue weighted by atomic mass is 10.0. The lowest BCUT2D eigenvalue weighted by Gasteiger charge is -2.17. The number of anilines is 1. The van der Waals surface area contributed by atoms with Gasteiger partial charge in [0.05, 0.1) is 7.11 Å². The minimum atomic E-state index is 0.722. The van der Waals surface area contributed by atoms with Gasteiger partial charge in [-0.15, -0.1) is 0 Å². The Kier molecular flexibility index (Phi) is 4.62. The minimum absolute atomic E-state index is 0.722. The van der Waals surface area contributed by atoms with Gasteiger partial charge in [-0.25, -0.2) is 0 Å². The summed E-state index contributed by atoms with van der Waals surface area (Å²) in [7, 11) is 1.71. The van der Waals surface area contributed by atoms with Crippen LogP contribution in [0.1, 0.15) is 23.1 Å². The van der Waals surface area contributed by atoms with Crippen molar-refractivity contribution in [1.82, 2.24) is 0 Å². The van der Waals surface area contributed by atoms with Crippen LogP contribution in [0.5, 0.6) is 5.75 Å². The second-order valence-corrected chi connectivity index (χ2v) is 4.09. The first-order valence-electron chi connectivity index (χ1n) is 5.70. The fourth-order valence-corrected chi connectivity index (χ4v) is 1.84. The zero-order valence-electron chi connectivity index (χ0n) is 10.7. The molecule has 0 aliphatic carbocycles. The van der Waals surface area contributed by atoms with E-state index in [4.69, 9.17) is 10.5 Å².